The molecular weight excluding hydrogens is 250 g/mol. The summed E-state index contributed by atoms with van der Waals surface area (Å²) in [4.78, 5) is 0. The van der Waals surface area contributed by atoms with Gasteiger partial charge in [0.05, 0.1) is 23.0 Å². The number of rotatable bonds is 4. The molecule has 1 fully saturated rings. The van der Waals surface area contributed by atoms with E-state index in [1.807, 2.05) is 18.7 Å². The third-order valence-electron chi connectivity index (χ3n) is 3.66. The van der Waals surface area contributed by atoms with Crippen LogP contribution in [0, 0.1) is 12.8 Å². The van der Waals surface area contributed by atoms with Crippen LogP contribution in [0.4, 0.5) is 0 Å². The normalized spacial score (nSPS) is 24.4. The summed E-state index contributed by atoms with van der Waals surface area (Å²) in [6.07, 6.45) is 2.00. The molecule has 1 N–H and O–H groups in total. The Morgan fingerprint density at radius 2 is 2.33 bits per heavy atom. The van der Waals surface area contributed by atoms with Crippen molar-refractivity contribution in [3.8, 4) is 0 Å². The maximum Gasteiger partial charge on any atom is 0.0847 e. The summed E-state index contributed by atoms with van der Waals surface area (Å²) in [6, 6.07) is 0.523. The zero-order chi connectivity index (χ0) is 13.1. The van der Waals surface area contributed by atoms with E-state index in [1.165, 1.54) is 0 Å². The van der Waals surface area contributed by atoms with Gasteiger partial charge in [-0.15, -0.1) is 0 Å². The van der Waals surface area contributed by atoms with Gasteiger partial charge in [-0.2, -0.15) is 5.10 Å². The number of nitrogens with one attached hydrogen (secondary N) is 1. The highest BCUT2D eigenvalue weighted by atomic mass is 35.5. The molecule has 0 aromatic carbocycles. The predicted octanol–water partition coefficient (Wildman–Crippen LogP) is 1.94. The van der Waals surface area contributed by atoms with Crippen LogP contribution in [0.15, 0.2) is 0 Å². The molecule has 2 atom stereocenters. The van der Waals surface area contributed by atoms with Crippen molar-refractivity contribution in [2.75, 3.05) is 19.8 Å². The molecule has 1 aromatic rings. The number of halogens is 1. The second-order valence-corrected chi connectivity index (χ2v) is 5.34. The molecule has 2 rings (SSSR count). The highest BCUT2D eigenvalue weighted by Gasteiger charge is 2.27. The van der Waals surface area contributed by atoms with Gasteiger partial charge in [-0.05, 0) is 26.3 Å². The SMILES string of the molecule is CCNC1CCOCC1Cc1c(Cl)c(C)nn1C. The average molecular weight is 272 g/mol. The lowest BCUT2D eigenvalue weighted by molar-refractivity contribution is 0.0320. The van der Waals surface area contributed by atoms with Crippen LogP contribution in [0.5, 0.6) is 0 Å². The van der Waals surface area contributed by atoms with Crippen LogP contribution in [0.25, 0.3) is 0 Å². The van der Waals surface area contributed by atoms with E-state index < -0.39 is 0 Å². The molecule has 0 radical (unpaired) electrons. The van der Waals surface area contributed by atoms with Crippen LogP contribution in [0.2, 0.25) is 5.02 Å². The Balaban J connectivity index is 2.10. The van der Waals surface area contributed by atoms with Crippen molar-refractivity contribution < 1.29 is 4.74 Å². The molecule has 0 saturated carbocycles. The van der Waals surface area contributed by atoms with Crippen LogP contribution in [0.3, 0.4) is 0 Å². The number of nitrogens with zero attached hydrogens (tertiary/aromatic N) is 2. The van der Waals surface area contributed by atoms with Gasteiger partial charge in [0.2, 0.25) is 0 Å². The minimum atomic E-state index is 0.478. The van der Waals surface area contributed by atoms with Gasteiger partial charge in [-0.3, -0.25) is 4.68 Å². The highest BCUT2D eigenvalue weighted by Crippen LogP contribution is 2.26. The molecule has 2 heterocycles. The Labute approximate surface area is 114 Å². The summed E-state index contributed by atoms with van der Waals surface area (Å²) in [5.41, 5.74) is 2.03. The number of hydrogen-bond acceptors (Lipinski definition) is 3. The van der Waals surface area contributed by atoms with E-state index in [4.69, 9.17) is 16.3 Å². The first kappa shape index (κ1) is 13.8. The Morgan fingerprint density at radius 3 is 2.94 bits per heavy atom. The Hall–Kier alpha value is -0.580. The van der Waals surface area contributed by atoms with E-state index in [2.05, 4.69) is 17.3 Å². The van der Waals surface area contributed by atoms with Gasteiger partial charge in [0.1, 0.15) is 0 Å². The molecule has 18 heavy (non-hydrogen) atoms. The Morgan fingerprint density at radius 1 is 1.56 bits per heavy atom. The molecule has 4 nitrogen and oxygen atoms in total. The van der Waals surface area contributed by atoms with E-state index in [1.54, 1.807) is 0 Å². The van der Waals surface area contributed by atoms with Crippen LogP contribution in [-0.2, 0) is 18.2 Å². The second kappa shape index (κ2) is 6.04. The smallest absolute Gasteiger partial charge is 0.0847 e. The minimum Gasteiger partial charge on any atom is -0.381 e. The van der Waals surface area contributed by atoms with Gasteiger partial charge in [0.15, 0.2) is 0 Å². The van der Waals surface area contributed by atoms with Crippen molar-refractivity contribution in [3.05, 3.63) is 16.4 Å². The highest BCUT2D eigenvalue weighted by molar-refractivity contribution is 6.31. The van der Waals surface area contributed by atoms with Crippen LogP contribution in [0.1, 0.15) is 24.7 Å². The summed E-state index contributed by atoms with van der Waals surface area (Å²) in [6.45, 7) is 6.75. The molecule has 102 valence electrons. The van der Waals surface area contributed by atoms with Crippen molar-refractivity contribution in [3.63, 3.8) is 0 Å². The summed E-state index contributed by atoms with van der Waals surface area (Å²) >= 11 is 6.31. The number of aromatic nitrogens is 2. The van der Waals surface area contributed by atoms with Crippen molar-refractivity contribution in [2.24, 2.45) is 13.0 Å². The maximum absolute atomic E-state index is 6.31. The monoisotopic (exact) mass is 271 g/mol. The van der Waals surface area contributed by atoms with Gasteiger partial charge in [0, 0.05) is 25.6 Å². The zero-order valence-electron chi connectivity index (χ0n) is 11.4. The molecule has 1 aliphatic heterocycles. The molecule has 5 heteroatoms. The molecule has 0 bridgehead atoms. The lowest BCUT2D eigenvalue weighted by Crippen LogP contribution is -2.43. The molecule has 1 aliphatic rings. The average Bonchev–Trinajstić information content (AvgIpc) is 2.59. The van der Waals surface area contributed by atoms with Crippen LogP contribution in [-0.4, -0.2) is 35.6 Å². The van der Waals surface area contributed by atoms with E-state index in [0.29, 0.717) is 12.0 Å². The number of aryl methyl sites for hydroxylation is 2. The fourth-order valence-corrected chi connectivity index (χ4v) is 2.92. The third kappa shape index (κ3) is 2.87. The number of hydrogen-bond donors (Lipinski definition) is 1. The van der Waals surface area contributed by atoms with Crippen molar-refractivity contribution in [1.82, 2.24) is 15.1 Å². The Bertz CT molecular complexity index is 403. The van der Waals surface area contributed by atoms with Gasteiger partial charge >= 0.3 is 0 Å². The van der Waals surface area contributed by atoms with Gasteiger partial charge in [-0.25, -0.2) is 0 Å². The number of ether oxygens (including phenoxy) is 1. The van der Waals surface area contributed by atoms with Gasteiger partial charge < -0.3 is 10.1 Å². The van der Waals surface area contributed by atoms with Gasteiger partial charge in [0.25, 0.3) is 0 Å². The topological polar surface area (TPSA) is 39.1 Å². The van der Waals surface area contributed by atoms with Crippen molar-refractivity contribution in [1.29, 1.82) is 0 Å². The van der Waals surface area contributed by atoms with Crippen molar-refractivity contribution in [2.45, 2.75) is 32.7 Å². The largest absolute Gasteiger partial charge is 0.381 e. The van der Waals surface area contributed by atoms with E-state index in [0.717, 1.165) is 49.0 Å². The minimum absolute atomic E-state index is 0.478. The van der Waals surface area contributed by atoms with E-state index >= 15 is 0 Å². The Kier molecular flexibility index (Phi) is 4.65. The molecule has 1 aromatic heterocycles. The summed E-state index contributed by atoms with van der Waals surface area (Å²) in [5.74, 6) is 0.478. The molecule has 2 unspecified atom stereocenters. The van der Waals surface area contributed by atoms with E-state index in [-0.39, 0.29) is 0 Å². The predicted molar refractivity (Wildman–Crippen MR) is 73.0 cm³/mol. The first-order chi connectivity index (χ1) is 8.63. The third-order valence-corrected chi connectivity index (χ3v) is 4.15. The quantitative estimate of drug-likeness (QED) is 0.910. The zero-order valence-corrected chi connectivity index (χ0v) is 12.1. The molecule has 1 saturated heterocycles. The maximum atomic E-state index is 6.31. The fraction of sp³-hybridized carbons (Fsp3) is 0.769. The van der Waals surface area contributed by atoms with Crippen LogP contribution < -0.4 is 5.32 Å². The first-order valence-electron chi connectivity index (χ1n) is 6.62. The summed E-state index contributed by atoms with van der Waals surface area (Å²) < 4.78 is 7.50. The standard InChI is InChI=1S/C13H22ClN3O/c1-4-15-11-5-6-18-8-10(11)7-12-13(14)9(2)16-17(12)3/h10-11,15H,4-8H2,1-3H3. The molecule has 0 spiro atoms. The van der Waals surface area contributed by atoms with Crippen LogP contribution >= 0.6 is 11.6 Å². The second-order valence-electron chi connectivity index (χ2n) is 4.96. The fourth-order valence-electron chi connectivity index (χ4n) is 2.68. The lowest BCUT2D eigenvalue weighted by atomic mass is 9.91. The summed E-state index contributed by atoms with van der Waals surface area (Å²) in [5, 5.41) is 8.72. The molecule has 0 amide bonds. The van der Waals surface area contributed by atoms with Crippen molar-refractivity contribution >= 4 is 11.6 Å². The van der Waals surface area contributed by atoms with Gasteiger partial charge in [-0.1, -0.05) is 18.5 Å². The molecule has 0 aliphatic carbocycles. The lowest BCUT2D eigenvalue weighted by Gasteiger charge is -2.32. The van der Waals surface area contributed by atoms with E-state index in [9.17, 15) is 0 Å². The molecular formula is C13H22ClN3O. The summed E-state index contributed by atoms with van der Waals surface area (Å²) in [7, 11) is 1.96. The first-order valence-corrected chi connectivity index (χ1v) is 7.00.